The van der Waals surface area contributed by atoms with Crippen molar-refractivity contribution in [3.8, 4) is 0 Å². The van der Waals surface area contributed by atoms with Gasteiger partial charge in [-0.15, -0.1) is 0 Å². The number of rotatable bonds is 44. The highest BCUT2D eigenvalue weighted by Crippen LogP contribution is 2.17. The van der Waals surface area contributed by atoms with E-state index in [0.717, 1.165) is 83.5 Å². The number of carbonyl (C=O) groups is 2. The predicted molar refractivity (Wildman–Crippen MR) is 264 cm³/mol. The van der Waals surface area contributed by atoms with Crippen LogP contribution in [0.15, 0.2) is 85.1 Å². The fraction of sp³-hybridized carbons (Fsp3) is 0.709. The Morgan fingerprint density at radius 1 is 0.508 bits per heavy atom. The van der Waals surface area contributed by atoms with Gasteiger partial charge in [0.2, 0.25) is 5.91 Å². The highest BCUT2D eigenvalue weighted by molar-refractivity contribution is 5.77. The number of aliphatic hydroxyl groups is 2. The standard InChI is InChI=1S/C55H95NO5/c1-4-7-10-13-16-19-22-24-26-27-29-30-32-34-37-40-43-46-51(61-55(60)48-45-42-39-36-33-31-28-25-23-20-17-14-11-8-5-2)49-54(59)56-52(50-57)53(58)47-44-41-38-35-21-18-15-12-9-6-3/h8,11,14,16-17,19-20,23-26,28,31,33,51-53,57-58H,4-7,9-10,12-13,15,18,21-22,27,29-30,32,34-50H2,1-3H3,(H,56,59)/b11-8+,17-14+,19-16-,23-20-,26-24-,28-25-,33-31+. The molecule has 0 heterocycles. The second kappa shape index (κ2) is 48.1. The van der Waals surface area contributed by atoms with E-state index in [1.807, 2.05) is 42.5 Å². The molecular weight excluding hydrogens is 755 g/mol. The van der Waals surface area contributed by atoms with Crippen LogP contribution in [0.25, 0.3) is 0 Å². The third-order valence-electron chi connectivity index (χ3n) is 11.1. The number of amides is 1. The highest BCUT2D eigenvalue weighted by atomic mass is 16.5. The van der Waals surface area contributed by atoms with Crippen LogP contribution in [-0.4, -0.2) is 46.9 Å². The molecule has 0 aliphatic carbocycles. The minimum atomic E-state index is -0.801. The lowest BCUT2D eigenvalue weighted by atomic mass is 10.0. The van der Waals surface area contributed by atoms with Crippen LogP contribution in [0.3, 0.4) is 0 Å². The van der Waals surface area contributed by atoms with Crippen LogP contribution in [0.5, 0.6) is 0 Å². The first-order chi connectivity index (χ1) is 30.0. The number of carbonyl (C=O) groups excluding carboxylic acids is 2. The maximum absolute atomic E-state index is 13.2. The molecular formula is C55H95NO5. The predicted octanol–water partition coefficient (Wildman–Crippen LogP) is 15.2. The number of hydrogen-bond donors (Lipinski definition) is 3. The Morgan fingerprint density at radius 2 is 0.951 bits per heavy atom. The zero-order valence-corrected chi connectivity index (χ0v) is 39.8. The van der Waals surface area contributed by atoms with Crippen molar-refractivity contribution in [2.75, 3.05) is 6.61 Å². The molecule has 3 unspecified atom stereocenters. The molecule has 0 spiro atoms. The van der Waals surface area contributed by atoms with Crippen molar-refractivity contribution >= 4 is 11.9 Å². The number of unbranched alkanes of at least 4 members (excludes halogenated alkanes) is 22. The third kappa shape index (κ3) is 43.5. The van der Waals surface area contributed by atoms with E-state index in [-0.39, 0.29) is 24.9 Å². The van der Waals surface area contributed by atoms with Gasteiger partial charge in [-0.1, -0.05) is 221 Å². The first-order valence-corrected chi connectivity index (χ1v) is 25.4. The molecule has 0 aliphatic heterocycles. The van der Waals surface area contributed by atoms with Crippen LogP contribution < -0.4 is 5.32 Å². The number of nitrogens with one attached hydrogen (secondary N) is 1. The van der Waals surface area contributed by atoms with Gasteiger partial charge in [0.25, 0.3) is 0 Å². The van der Waals surface area contributed by atoms with Crippen LogP contribution in [-0.2, 0) is 14.3 Å². The lowest BCUT2D eigenvalue weighted by Crippen LogP contribution is -2.46. The molecule has 0 fully saturated rings. The van der Waals surface area contributed by atoms with Gasteiger partial charge in [-0.05, 0) is 77.0 Å². The largest absolute Gasteiger partial charge is 0.462 e. The Kier molecular flexibility index (Phi) is 45.7. The van der Waals surface area contributed by atoms with Gasteiger partial charge in [0.15, 0.2) is 0 Å². The molecule has 0 radical (unpaired) electrons. The fourth-order valence-electron chi connectivity index (χ4n) is 7.25. The highest BCUT2D eigenvalue weighted by Gasteiger charge is 2.24. The molecule has 0 saturated carbocycles. The summed E-state index contributed by atoms with van der Waals surface area (Å²) < 4.78 is 5.91. The number of aliphatic hydroxyl groups excluding tert-OH is 2. The molecule has 0 aromatic heterocycles. The Morgan fingerprint density at radius 3 is 1.51 bits per heavy atom. The fourth-order valence-corrected chi connectivity index (χ4v) is 7.25. The second-order valence-electron chi connectivity index (χ2n) is 17.0. The van der Waals surface area contributed by atoms with E-state index in [1.165, 1.54) is 96.3 Å². The van der Waals surface area contributed by atoms with Crippen LogP contribution >= 0.6 is 0 Å². The molecule has 0 rings (SSSR count). The van der Waals surface area contributed by atoms with Crippen molar-refractivity contribution in [3.63, 3.8) is 0 Å². The maximum atomic E-state index is 13.2. The average molecular weight is 850 g/mol. The molecule has 3 atom stereocenters. The number of hydrogen-bond acceptors (Lipinski definition) is 5. The van der Waals surface area contributed by atoms with Crippen molar-refractivity contribution < 1.29 is 24.5 Å². The Hall–Kier alpha value is -2.96. The summed E-state index contributed by atoms with van der Waals surface area (Å²) in [6.45, 7) is 6.29. The zero-order chi connectivity index (χ0) is 44.5. The molecule has 6 heteroatoms. The molecule has 1 amide bonds. The van der Waals surface area contributed by atoms with Gasteiger partial charge < -0.3 is 20.3 Å². The summed E-state index contributed by atoms with van der Waals surface area (Å²) in [5, 5.41) is 23.7. The molecule has 0 saturated heterocycles. The van der Waals surface area contributed by atoms with Gasteiger partial charge in [-0.2, -0.15) is 0 Å². The molecule has 350 valence electrons. The van der Waals surface area contributed by atoms with E-state index in [0.29, 0.717) is 19.3 Å². The van der Waals surface area contributed by atoms with Crippen LogP contribution in [0.4, 0.5) is 0 Å². The van der Waals surface area contributed by atoms with E-state index in [4.69, 9.17) is 4.74 Å². The van der Waals surface area contributed by atoms with Crippen LogP contribution in [0, 0.1) is 0 Å². The first-order valence-electron chi connectivity index (χ1n) is 25.4. The van der Waals surface area contributed by atoms with Crippen molar-refractivity contribution in [3.05, 3.63) is 85.1 Å². The van der Waals surface area contributed by atoms with E-state index >= 15 is 0 Å². The molecule has 0 aromatic rings. The van der Waals surface area contributed by atoms with Gasteiger partial charge in [0.1, 0.15) is 6.10 Å². The van der Waals surface area contributed by atoms with E-state index in [2.05, 4.69) is 68.6 Å². The van der Waals surface area contributed by atoms with Crippen molar-refractivity contribution in [2.45, 2.75) is 244 Å². The number of allylic oxidation sites excluding steroid dienone is 14. The lowest BCUT2D eigenvalue weighted by molar-refractivity contribution is -0.151. The van der Waals surface area contributed by atoms with Gasteiger partial charge in [0, 0.05) is 6.42 Å². The first kappa shape index (κ1) is 58.0. The van der Waals surface area contributed by atoms with Gasteiger partial charge in [-0.3, -0.25) is 9.59 Å². The lowest BCUT2D eigenvalue weighted by Gasteiger charge is -2.24. The SMILES string of the molecule is CC/C=C/C=C/C=C\C=C/C=C/CCCCCC(=O)OC(CCCCCCCCC/C=C\C/C=C\CCCCC)CC(=O)NC(CO)C(O)CCCCCCCCCCCC. The van der Waals surface area contributed by atoms with Gasteiger partial charge >= 0.3 is 5.97 Å². The Balaban J connectivity index is 4.70. The topological polar surface area (TPSA) is 95.9 Å². The smallest absolute Gasteiger partial charge is 0.306 e. The van der Waals surface area contributed by atoms with Crippen molar-refractivity contribution in [1.82, 2.24) is 5.32 Å². The van der Waals surface area contributed by atoms with Gasteiger partial charge in [-0.25, -0.2) is 0 Å². The van der Waals surface area contributed by atoms with E-state index in [1.54, 1.807) is 0 Å². The summed E-state index contributed by atoms with van der Waals surface area (Å²) in [5.74, 6) is -0.535. The van der Waals surface area contributed by atoms with Crippen LogP contribution in [0.1, 0.15) is 226 Å². The molecule has 0 aliphatic rings. The zero-order valence-electron chi connectivity index (χ0n) is 39.8. The Labute approximate surface area is 376 Å². The third-order valence-corrected chi connectivity index (χ3v) is 11.1. The molecule has 61 heavy (non-hydrogen) atoms. The van der Waals surface area contributed by atoms with Crippen molar-refractivity contribution in [1.29, 1.82) is 0 Å². The summed E-state index contributed by atoms with van der Waals surface area (Å²) in [6.07, 6.45) is 62.1. The average Bonchev–Trinajstić information content (AvgIpc) is 3.25. The minimum Gasteiger partial charge on any atom is -0.462 e. The molecule has 0 aromatic carbocycles. The summed E-state index contributed by atoms with van der Waals surface area (Å²) in [4.78, 5) is 26.1. The van der Waals surface area contributed by atoms with Crippen molar-refractivity contribution in [2.24, 2.45) is 0 Å². The maximum Gasteiger partial charge on any atom is 0.306 e. The summed E-state index contributed by atoms with van der Waals surface area (Å²) in [5.41, 5.74) is 0. The molecule has 6 nitrogen and oxygen atoms in total. The quantitative estimate of drug-likeness (QED) is 0.0246. The monoisotopic (exact) mass is 850 g/mol. The molecule has 0 bridgehead atoms. The number of esters is 1. The minimum absolute atomic E-state index is 0.0507. The van der Waals surface area contributed by atoms with Gasteiger partial charge in [0.05, 0.1) is 25.2 Å². The summed E-state index contributed by atoms with van der Waals surface area (Å²) in [6, 6.07) is -0.716. The van der Waals surface area contributed by atoms with E-state index in [9.17, 15) is 19.8 Å². The van der Waals surface area contributed by atoms with Crippen LogP contribution in [0.2, 0.25) is 0 Å². The summed E-state index contributed by atoms with van der Waals surface area (Å²) in [7, 11) is 0. The normalized spacial score (nSPS) is 14.0. The molecule has 3 N–H and O–H groups in total. The van der Waals surface area contributed by atoms with E-state index < -0.39 is 18.2 Å². The number of ether oxygens (including phenoxy) is 1. The second-order valence-corrected chi connectivity index (χ2v) is 17.0. The Bertz CT molecular complexity index is 1180. The summed E-state index contributed by atoms with van der Waals surface area (Å²) >= 11 is 0.